The highest BCUT2D eigenvalue weighted by atomic mass is 32.1. The molecule has 2 heterocycles. The van der Waals surface area contributed by atoms with Gasteiger partial charge in [-0.05, 0) is 23.6 Å². The summed E-state index contributed by atoms with van der Waals surface area (Å²) in [6.07, 6.45) is 0. The fourth-order valence-electron chi connectivity index (χ4n) is 1.89. The molecule has 1 aromatic carbocycles. The number of hydrogen-bond donors (Lipinski definition) is 1. The molecule has 0 aliphatic carbocycles. The van der Waals surface area contributed by atoms with Gasteiger partial charge in [0.05, 0.1) is 10.6 Å². The number of benzene rings is 1. The Morgan fingerprint density at radius 1 is 1.16 bits per heavy atom. The van der Waals surface area contributed by atoms with E-state index in [-0.39, 0.29) is 0 Å². The topological polar surface area (TPSA) is 67.6 Å². The zero-order valence-electron chi connectivity index (χ0n) is 9.95. The second kappa shape index (κ2) is 4.59. The molecule has 0 aliphatic heterocycles. The van der Waals surface area contributed by atoms with Crippen LogP contribution in [0.1, 0.15) is 5.56 Å². The van der Waals surface area contributed by atoms with Gasteiger partial charge in [-0.15, -0.1) is 11.3 Å². The summed E-state index contributed by atoms with van der Waals surface area (Å²) < 4.78 is 1.60. The fraction of sp³-hybridized carbons (Fsp3) is 0. The number of para-hydroxylation sites is 1. The molecule has 3 aromatic rings. The van der Waals surface area contributed by atoms with Gasteiger partial charge in [0.1, 0.15) is 23.1 Å². The van der Waals surface area contributed by atoms with Gasteiger partial charge in [0.25, 0.3) is 0 Å². The molecule has 92 valence electrons. The van der Waals surface area contributed by atoms with E-state index in [0.29, 0.717) is 17.1 Å². The predicted molar refractivity (Wildman–Crippen MR) is 76.0 cm³/mol. The molecule has 2 N–H and O–H groups in total. The smallest absolute Gasteiger partial charge is 0.145 e. The van der Waals surface area contributed by atoms with Gasteiger partial charge in [0.15, 0.2) is 0 Å². The second-order valence-electron chi connectivity index (χ2n) is 3.95. The lowest BCUT2D eigenvalue weighted by atomic mass is 10.2. The summed E-state index contributed by atoms with van der Waals surface area (Å²) in [4.78, 5) is 0.943. The summed E-state index contributed by atoms with van der Waals surface area (Å²) in [5, 5.41) is 15.7. The highest BCUT2D eigenvalue weighted by Crippen LogP contribution is 2.31. The number of hydrogen-bond acceptors (Lipinski definition) is 4. The Kier molecular flexibility index (Phi) is 2.78. The molecule has 2 aromatic heterocycles. The third-order valence-electron chi connectivity index (χ3n) is 2.79. The lowest BCUT2D eigenvalue weighted by molar-refractivity contribution is 0.896. The van der Waals surface area contributed by atoms with Crippen LogP contribution >= 0.6 is 11.3 Å². The highest BCUT2D eigenvalue weighted by Gasteiger charge is 2.18. The third-order valence-corrected chi connectivity index (χ3v) is 3.66. The van der Waals surface area contributed by atoms with E-state index >= 15 is 0 Å². The fourth-order valence-corrected chi connectivity index (χ4v) is 2.61. The molecule has 0 amide bonds. The minimum Gasteiger partial charge on any atom is -0.382 e. The SMILES string of the molecule is N#Cc1c(-c2cccs2)nn(-c2ccccc2)c1N. The molecule has 0 fully saturated rings. The molecule has 0 radical (unpaired) electrons. The number of anilines is 1. The molecule has 0 atom stereocenters. The molecule has 0 spiro atoms. The van der Waals surface area contributed by atoms with Crippen molar-refractivity contribution < 1.29 is 0 Å². The number of aromatic nitrogens is 2. The summed E-state index contributed by atoms with van der Waals surface area (Å²) in [6, 6.07) is 15.6. The summed E-state index contributed by atoms with van der Waals surface area (Å²) in [5.74, 6) is 0.372. The van der Waals surface area contributed by atoms with Crippen LogP contribution in [0.25, 0.3) is 16.3 Å². The summed E-state index contributed by atoms with van der Waals surface area (Å²) in [6.45, 7) is 0. The third kappa shape index (κ3) is 1.88. The molecule has 3 rings (SSSR count). The van der Waals surface area contributed by atoms with Crippen LogP contribution in [0.2, 0.25) is 0 Å². The predicted octanol–water partition coefficient (Wildman–Crippen LogP) is 3.05. The van der Waals surface area contributed by atoms with Crippen molar-refractivity contribution >= 4 is 17.2 Å². The van der Waals surface area contributed by atoms with Gasteiger partial charge in [-0.1, -0.05) is 24.3 Å². The van der Waals surface area contributed by atoms with Crippen LogP contribution in [-0.2, 0) is 0 Å². The van der Waals surface area contributed by atoms with Gasteiger partial charge in [-0.2, -0.15) is 10.4 Å². The first-order chi connectivity index (χ1) is 9.31. The Labute approximate surface area is 114 Å². The van der Waals surface area contributed by atoms with E-state index in [2.05, 4.69) is 11.2 Å². The van der Waals surface area contributed by atoms with Crippen molar-refractivity contribution in [2.75, 3.05) is 5.73 Å². The standard InChI is InChI=1S/C14H10N4S/c15-9-11-13(12-7-4-8-19-12)17-18(14(11)16)10-5-2-1-3-6-10/h1-8H,16H2. The first kappa shape index (κ1) is 11.5. The molecular formula is C14H10N4S. The second-order valence-corrected chi connectivity index (χ2v) is 4.89. The van der Waals surface area contributed by atoms with Crippen LogP contribution in [0.15, 0.2) is 47.8 Å². The lowest BCUT2D eigenvalue weighted by Gasteiger charge is -2.02. The van der Waals surface area contributed by atoms with Gasteiger partial charge in [-0.3, -0.25) is 0 Å². The first-order valence-corrected chi connectivity index (χ1v) is 6.57. The van der Waals surface area contributed by atoms with Gasteiger partial charge in [0, 0.05) is 0 Å². The minimum atomic E-state index is 0.372. The Morgan fingerprint density at radius 2 is 1.95 bits per heavy atom. The maximum atomic E-state index is 9.28. The molecule has 19 heavy (non-hydrogen) atoms. The van der Waals surface area contributed by atoms with E-state index in [0.717, 1.165) is 10.6 Å². The van der Waals surface area contributed by atoms with Crippen molar-refractivity contribution in [3.05, 3.63) is 53.4 Å². The van der Waals surface area contributed by atoms with Crippen LogP contribution in [0.4, 0.5) is 5.82 Å². The normalized spacial score (nSPS) is 10.3. The van der Waals surface area contributed by atoms with Crippen LogP contribution < -0.4 is 5.73 Å². The molecule has 0 bridgehead atoms. The Bertz CT molecular complexity index is 736. The lowest BCUT2D eigenvalue weighted by Crippen LogP contribution is -2.01. The maximum Gasteiger partial charge on any atom is 0.145 e. The van der Waals surface area contributed by atoms with Crippen LogP contribution in [0.3, 0.4) is 0 Å². The summed E-state index contributed by atoms with van der Waals surface area (Å²) >= 11 is 1.54. The molecule has 0 saturated heterocycles. The van der Waals surface area contributed by atoms with E-state index in [9.17, 15) is 5.26 Å². The molecule has 5 heteroatoms. The highest BCUT2D eigenvalue weighted by molar-refractivity contribution is 7.13. The van der Waals surface area contributed by atoms with Crippen molar-refractivity contribution in [3.8, 4) is 22.3 Å². The average Bonchev–Trinajstić information content (AvgIpc) is 3.07. The Balaban J connectivity index is 2.22. The minimum absolute atomic E-state index is 0.372. The van der Waals surface area contributed by atoms with Crippen LogP contribution in [0.5, 0.6) is 0 Å². The molecule has 0 saturated carbocycles. The first-order valence-electron chi connectivity index (χ1n) is 5.69. The molecule has 0 unspecified atom stereocenters. The van der Waals surface area contributed by atoms with E-state index < -0.39 is 0 Å². The summed E-state index contributed by atoms with van der Waals surface area (Å²) in [5.41, 5.74) is 7.94. The largest absolute Gasteiger partial charge is 0.382 e. The number of nitrogen functional groups attached to an aromatic ring is 1. The maximum absolute atomic E-state index is 9.28. The number of nitrogens with two attached hydrogens (primary N) is 1. The molecule has 0 aliphatic rings. The quantitative estimate of drug-likeness (QED) is 0.775. The number of thiophene rings is 1. The summed E-state index contributed by atoms with van der Waals surface area (Å²) in [7, 11) is 0. The van der Waals surface area contributed by atoms with E-state index in [1.807, 2.05) is 47.8 Å². The molecular weight excluding hydrogens is 256 g/mol. The number of nitriles is 1. The van der Waals surface area contributed by atoms with Crippen LogP contribution in [0, 0.1) is 11.3 Å². The monoisotopic (exact) mass is 266 g/mol. The van der Waals surface area contributed by atoms with E-state index in [1.54, 1.807) is 16.0 Å². The van der Waals surface area contributed by atoms with Crippen molar-refractivity contribution in [2.45, 2.75) is 0 Å². The van der Waals surface area contributed by atoms with E-state index in [4.69, 9.17) is 5.73 Å². The Morgan fingerprint density at radius 3 is 2.58 bits per heavy atom. The van der Waals surface area contributed by atoms with Gasteiger partial charge in [-0.25, -0.2) is 4.68 Å². The van der Waals surface area contributed by atoms with Gasteiger partial charge >= 0.3 is 0 Å². The zero-order chi connectivity index (χ0) is 13.2. The van der Waals surface area contributed by atoms with Crippen molar-refractivity contribution in [1.82, 2.24) is 9.78 Å². The zero-order valence-corrected chi connectivity index (χ0v) is 10.8. The van der Waals surface area contributed by atoms with Crippen molar-refractivity contribution in [1.29, 1.82) is 5.26 Å². The average molecular weight is 266 g/mol. The van der Waals surface area contributed by atoms with Crippen molar-refractivity contribution in [2.24, 2.45) is 0 Å². The van der Waals surface area contributed by atoms with Gasteiger partial charge < -0.3 is 5.73 Å². The van der Waals surface area contributed by atoms with E-state index in [1.165, 1.54) is 0 Å². The number of rotatable bonds is 2. The number of nitrogens with zero attached hydrogens (tertiary/aromatic N) is 3. The Hall–Kier alpha value is -2.58. The van der Waals surface area contributed by atoms with Gasteiger partial charge in [0.2, 0.25) is 0 Å². The molecule has 4 nitrogen and oxygen atoms in total. The van der Waals surface area contributed by atoms with Crippen molar-refractivity contribution in [3.63, 3.8) is 0 Å². The van der Waals surface area contributed by atoms with Crippen LogP contribution in [-0.4, -0.2) is 9.78 Å².